The van der Waals surface area contributed by atoms with Gasteiger partial charge in [-0.05, 0) is 36.4 Å². The van der Waals surface area contributed by atoms with Gasteiger partial charge < -0.3 is 24.6 Å². The first-order valence-corrected chi connectivity index (χ1v) is 10.5. The Labute approximate surface area is 181 Å². The Morgan fingerprint density at radius 1 is 1.13 bits per heavy atom. The number of piperidine rings is 1. The number of ether oxygens (including phenoxy) is 2. The van der Waals surface area contributed by atoms with Crippen LogP contribution in [0.2, 0.25) is 0 Å². The molecule has 31 heavy (non-hydrogen) atoms. The maximum absolute atomic E-state index is 12.5. The van der Waals surface area contributed by atoms with E-state index >= 15 is 0 Å². The summed E-state index contributed by atoms with van der Waals surface area (Å²) in [6.45, 7) is 2.74. The molecule has 3 heterocycles. The van der Waals surface area contributed by atoms with Crippen LogP contribution in [0, 0.1) is 5.92 Å². The summed E-state index contributed by atoms with van der Waals surface area (Å²) in [6.07, 6.45) is 3.29. The maximum Gasteiger partial charge on any atom is 0.248 e. The van der Waals surface area contributed by atoms with Gasteiger partial charge in [0, 0.05) is 58.0 Å². The standard InChI is InChI=1S/C22H27N5O4/c1-30-15-21(28)26-11-8-19(9-12-26)31-18-6-4-17(5-7-18)24-22(29)16-13-27(14-16)20-3-2-10-23-25-20/h2-7,10,16,19H,8-9,11-15H2,1H3,(H,24,29). The molecule has 9 heteroatoms. The Morgan fingerprint density at radius 3 is 2.52 bits per heavy atom. The van der Waals surface area contributed by atoms with E-state index in [1.54, 1.807) is 6.20 Å². The van der Waals surface area contributed by atoms with E-state index in [-0.39, 0.29) is 30.4 Å². The lowest BCUT2D eigenvalue weighted by Gasteiger charge is -2.38. The van der Waals surface area contributed by atoms with Crippen molar-refractivity contribution >= 4 is 23.3 Å². The van der Waals surface area contributed by atoms with Gasteiger partial charge >= 0.3 is 0 Å². The van der Waals surface area contributed by atoms with Crippen molar-refractivity contribution in [1.29, 1.82) is 0 Å². The topological polar surface area (TPSA) is 96.9 Å². The number of aromatic nitrogens is 2. The van der Waals surface area contributed by atoms with Crippen LogP contribution >= 0.6 is 0 Å². The molecule has 2 aromatic rings. The van der Waals surface area contributed by atoms with Crippen LogP contribution in [0.3, 0.4) is 0 Å². The van der Waals surface area contributed by atoms with Gasteiger partial charge in [-0.3, -0.25) is 9.59 Å². The number of carbonyl (C=O) groups is 2. The molecule has 0 bridgehead atoms. The number of nitrogens with zero attached hydrogens (tertiary/aromatic N) is 4. The zero-order valence-electron chi connectivity index (χ0n) is 17.6. The number of carbonyl (C=O) groups excluding carboxylic acids is 2. The smallest absolute Gasteiger partial charge is 0.248 e. The molecular weight excluding hydrogens is 398 g/mol. The van der Waals surface area contributed by atoms with Gasteiger partial charge in [0.1, 0.15) is 18.5 Å². The van der Waals surface area contributed by atoms with E-state index in [0.717, 1.165) is 30.1 Å². The first-order valence-electron chi connectivity index (χ1n) is 10.5. The van der Waals surface area contributed by atoms with Crippen molar-refractivity contribution in [3.8, 4) is 5.75 Å². The summed E-state index contributed by atoms with van der Waals surface area (Å²) in [5.41, 5.74) is 0.746. The molecular formula is C22H27N5O4. The van der Waals surface area contributed by atoms with E-state index in [2.05, 4.69) is 15.5 Å². The van der Waals surface area contributed by atoms with Crippen LogP contribution in [-0.2, 0) is 14.3 Å². The molecule has 1 N–H and O–H groups in total. The number of amides is 2. The molecule has 2 fully saturated rings. The molecule has 0 saturated carbocycles. The molecule has 164 valence electrons. The Balaban J connectivity index is 1.20. The predicted molar refractivity (Wildman–Crippen MR) is 115 cm³/mol. The second kappa shape index (κ2) is 9.74. The van der Waals surface area contributed by atoms with Crippen molar-refractivity contribution in [2.24, 2.45) is 5.92 Å². The summed E-state index contributed by atoms with van der Waals surface area (Å²) in [4.78, 5) is 28.2. The fourth-order valence-electron chi connectivity index (χ4n) is 3.78. The predicted octanol–water partition coefficient (Wildman–Crippen LogP) is 1.57. The van der Waals surface area contributed by atoms with Crippen LogP contribution in [0.4, 0.5) is 11.5 Å². The zero-order chi connectivity index (χ0) is 21.6. The van der Waals surface area contributed by atoms with Crippen molar-refractivity contribution in [3.05, 3.63) is 42.6 Å². The third-order valence-electron chi connectivity index (χ3n) is 5.62. The largest absolute Gasteiger partial charge is 0.490 e. The minimum Gasteiger partial charge on any atom is -0.490 e. The molecule has 2 saturated heterocycles. The number of likely N-dealkylation sites (tertiary alicyclic amines) is 1. The highest BCUT2D eigenvalue weighted by Gasteiger charge is 2.33. The Hall–Kier alpha value is -3.20. The average molecular weight is 425 g/mol. The molecule has 4 rings (SSSR count). The molecule has 1 aromatic carbocycles. The molecule has 0 unspecified atom stereocenters. The van der Waals surface area contributed by atoms with Crippen LogP contribution in [0.1, 0.15) is 12.8 Å². The number of methoxy groups -OCH3 is 1. The number of rotatable bonds is 7. The van der Waals surface area contributed by atoms with Gasteiger partial charge in [-0.25, -0.2) is 0 Å². The van der Waals surface area contributed by atoms with Gasteiger partial charge in [0.25, 0.3) is 0 Å². The fourth-order valence-corrected chi connectivity index (χ4v) is 3.78. The molecule has 2 amide bonds. The van der Waals surface area contributed by atoms with Gasteiger partial charge in [-0.2, -0.15) is 5.10 Å². The molecule has 0 radical (unpaired) electrons. The van der Waals surface area contributed by atoms with Gasteiger partial charge in [0.05, 0.1) is 5.92 Å². The first kappa shape index (κ1) is 21.0. The molecule has 1 aromatic heterocycles. The van der Waals surface area contributed by atoms with Crippen LogP contribution in [-0.4, -0.2) is 72.9 Å². The lowest BCUT2D eigenvalue weighted by molar-refractivity contribution is -0.136. The lowest BCUT2D eigenvalue weighted by Crippen LogP contribution is -2.52. The summed E-state index contributed by atoms with van der Waals surface area (Å²) in [6, 6.07) is 11.2. The molecule has 0 aliphatic carbocycles. The quantitative estimate of drug-likeness (QED) is 0.719. The van der Waals surface area contributed by atoms with E-state index in [9.17, 15) is 9.59 Å². The van der Waals surface area contributed by atoms with Crippen molar-refractivity contribution in [2.45, 2.75) is 18.9 Å². The van der Waals surface area contributed by atoms with E-state index < -0.39 is 0 Å². The molecule has 0 spiro atoms. The second-order valence-corrected chi connectivity index (χ2v) is 7.83. The first-order chi connectivity index (χ1) is 15.1. The van der Waals surface area contributed by atoms with E-state index in [0.29, 0.717) is 26.2 Å². The summed E-state index contributed by atoms with van der Waals surface area (Å²) in [7, 11) is 1.53. The molecule has 2 aliphatic heterocycles. The maximum atomic E-state index is 12.5. The number of hydrogen-bond donors (Lipinski definition) is 1. The third-order valence-corrected chi connectivity index (χ3v) is 5.62. The Kier molecular flexibility index (Phi) is 6.61. The zero-order valence-corrected chi connectivity index (χ0v) is 17.6. The Bertz CT molecular complexity index is 879. The van der Waals surface area contributed by atoms with Crippen LogP contribution in [0.25, 0.3) is 0 Å². The van der Waals surface area contributed by atoms with Gasteiger partial charge in [-0.1, -0.05) is 0 Å². The fraction of sp³-hybridized carbons (Fsp3) is 0.455. The van der Waals surface area contributed by atoms with Crippen molar-refractivity contribution < 1.29 is 19.1 Å². The highest BCUT2D eigenvalue weighted by Crippen LogP contribution is 2.25. The van der Waals surface area contributed by atoms with Crippen molar-refractivity contribution in [1.82, 2.24) is 15.1 Å². The second-order valence-electron chi connectivity index (χ2n) is 7.83. The Morgan fingerprint density at radius 2 is 1.87 bits per heavy atom. The highest BCUT2D eigenvalue weighted by molar-refractivity contribution is 5.94. The minimum atomic E-state index is -0.0658. The number of benzene rings is 1. The summed E-state index contributed by atoms with van der Waals surface area (Å²) < 4.78 is 11.0. The molecule has 9 nitrogen and oxygen atoms in total. The highest BCUT2D eigenvalue weighted by atomic mass is 16.5. The normalized spacial score (nSPS) is 17.2. The van der Waals surface area contributed by atoms with Gasteiger partial charge in [0.15, 0.2) is 5.82 Å². The van der Waals surface area contributed by atoms with Crippen LogP contribution < -0.4 is 15.0 Å². The van der Waals surface area contributed by atoms with E-state index in [1.807, 2.05) is 46.2 Å². The molecule has 0 atom stereocenters. The third kappa shape index (κ3) is 5.29. The number of nitrogens with one attached hydrogen (secondary N) is 1. The van der Waals surface area contributed by atoms with Crippen molar-refractivity contribution in [3.63, 3.8) is 0 Å². The summed E-state index contributed by atoms with van der Waals surface area (Å²) in [5, 5.41) is 10.9. The number of anilines is 2. The van der Waals surface area contributed by atoms with Crippen LogP contribution in [0.15, 0.2) is 42.6 Å². The number of hydrogen-bond acceptors (Lipinski definition) is 7. The van der Waals surface area contributed by atoms with Gasteiger partial charge in [-0.15, -0.1) is 5.10 Å². The minimum absolute atomic E-state index is 0.00177. The van der Waals surface area contributed by atoms with Crippen molar-refractivity contribution in [2.75, 3.05) is 50.1 Å². The molecule has 2 aliphatic rings. The SMILES string of the molecule is COCC(=O)N1CCC(Oc2ccc(NC(=O)C3CN(c4cccnn4)C3)cc2)CC1. The average Bonchev–Trinajstić information content (AvgIpc) is 2.75. The summed E-state index contributed by atoms with van der Waals surface area (Å²) >= 11 is 0. The van der Waals surface area contributed by atoms with Gasteiger partial charge in [0.2, 0.25) is 11.8 Å². The van der Waals surface area contributed by atoms with Crippen LogP contribution in [0.5, 0.6) is 5.75 Å². The monoisotopic (exact) mass is 425 g/mol. The van der Waals surface area contributed by atoms with E-state index in [4.69, 9.17) is 9.47 Å². The lowest BCUT2D eigenvalue weighted by atomic mass is 9.99. The summed E-state index contributed by atoms with van der Waals surface area (Å²) in [5.74, 6) is 1.51. The van der Waals surface area contributed by atoms with E-state index in [1.165, 1.54) is 7.11 Å².